The van der Waals surface area contributed by atoms with Crippen LogP contribution in [-0.2, 0) is 9.84 Å². The number of nitrogens with zero attached hydrogens (tertiary/aromatic N) is 3. The number of sulfone groups is 1. The zero-order chi connectivity index (χ0) is 12.6. The van der Waals surface area contributed by atoms with Crippen LogP contribution >= 0.6 is 0 Å². The number of rotatable bonds is 1. The molecule has 1 saturated heterocycles. The van der Waals surface area contributed by atoms with Crippen molar-refractivity contribution in [2.45, 2.75) is 13.8 Å². The molecule has 0 bridgehead atoms. The fraction of sp³-hybridized carbons (Fsp3) is 0.600. The summed E-state index contributed by atoms with van der Waals surface area (Å²) in [6.07, 6.45) is 0. The van der Waals surface area contributed by atoms with Gasteiger partial charge < -0.3 is 10.6 Å². The molecule has 7 heteroatoms. The summed E-state index contributed by atoms with van der Waals surface area (Å²) < 4.78 is 22.7. The molecule has 2 heterocycles. The van der Waals surface area contributed by atoms with Gasteiger partial charge in [-0.3, -0.25) is 0 Å². The van der Waals surface area contributed by atoms with E-state index in [4.69, 9.17) is 5.73 Å². The van der Waals surface area contributed by atoms with E-state index in [0.29, 0.717) is 24.7 Å². The quantitative estimate of drug-likeness (QED) is 0.755. The molecule has 2 rings (SSSR count). The van der Waals surface area contributed by atoms with E-state index >= 15 is 0 Å². The first-order valence-corrected chi connectivity index (χ1v) is 7.27. The van der Waals surface area contributed by atoms with Crippen LogP contribution in [0, 0.1) is 13.8 Å². The van der Waals surface area contributed by atoms with Gasteiger partial charge in [-0.2, -0.15) is 0 Å². The van der Waals surface area contributed by atoms with Crippen LogP contribution in [0.3, 0.4) is 0 Å². The van der Waals surface area contributed by atoms with E-state index in [-0.39, 0.29) is 11.5 Å². The second kappa shape index (κ2) is 4.14. The van der Waals surface area contributed by atoms with Gasteiger partial charge in [0.15, 0.2) is 9.84 Å². The van der Waals surface area contributed by atoms with Gasteiger partial charge in [0.05, 0.1) is 11.5 Å². The number of nitrogens with two attached hydrogens (primary N) is 1. The molecule has 1 aliphatic heterocycles. The first-order chi connectivity index (χ1) is 7.89. The number of hydrogen-bond acceptors (Lipinski definition) is 6. The van der Waals surface area contributed by atoms with E-state index < -0.39 is 9.84 Å². The van der Waals surface area contributed by atoms with Gasteiger partial charge in [0.2, 0.25) is 0 Å². The van der Waals surface area contributed by atoms with E-state index in [9.17, 15) is 8.42 Å². The van der Waals surface area contributed by atoms with Gasteiger partial charge in [-0.05, 0) is 13.8 Å². The Morgan fingerprint density at radius 1 is 1.18 bits per heavy atom. The van der Waals surface area contributed by atoms with Crippen LogP contribution in [0.25, 0.3) is 0 Å². The highest BCUT2D eigenvalue weighted by molar-refractivity contribution is 7.91. The second-order valence-electron chi connectivity index (χ2n) is 4.24. The number of nitrogen functional groups attached to an aromatic ring is 1. The van der Waals surface area contributed by atoms with Crippen molar-refractivity contribution in [1.82, 2.24) is 9.97 Å². The minimum atomic E-state index is -2.87. The van der Waals surface area contributed by atoms with Gasteiger partial charge in [-0.25, -0.2) is 18.4 Å². The van der Waals surface area contributed by atoms with Crippen LogP contribution in [0.1, 0.15) is 11.4 Å². The molecule has 0 aromatic carbocycles. The van der Waals surface area contributed by atoms with Crippen molar-refractivity contribution in [2.24, 2.45) is 0 Å². The Morgan fingerprint density at radius 2 is 1.76 bits per heavy atom. The van der Waals surface area contributed by atoms with Crippen LogP contribution < -0.4 is 10.6 Å². The summed E-state index contributed by atoms with van der Waals surface area (Å²) in [6, 6.07) is 0. The van der Waals surface area contributed by atoms with Crippen LogP contribution in [0.15, 0.2) is 0 Å². The molecule has 0 aliphatic carbocycles. The monoisotopic (exact) mass is 256 g/mol. The Morgan fingerprint density at radius 3 is 2.35 bits per heavy atom. The van der Waals surface area contributed by atoms with Crippen LogP contribution in [0.4, 0.5) is 11.6 Å². The second-order valence-corrected chi connectivity index (χ2v) is 6.55. The third kappa shape index (κ3) is 2.49. The Kier molecular flexibility index (Phi) is 2.94. The minimum Gasteiger partial charge on any atom is -0.383 e. The number of aromatic nitrogens is 2. The average Bonchev–Trinajstić information content (AvgIpc) is 2.24. The smallest absolute Gasteiger partial charge is 0.153 e. The molecular formula is C10H16N4O2S. The maximum absolute atomic E-state index is 11.4. The van der Waals surface area contributed by atoms with Crippen LogP contribution in [0.2, 0.25) is 0 Å². The standard InChI is InChI=1S/C10H16N4O2S/c1-7-9(11)12-8(2)13-10(7)14-3-5-17(15,16)6-4-14/h3-6H2,1-2H3,(H2,11,12,13). The van der Waals surface area contributed by atoms with Crippen molar-refractivity contribution in [2.75, 3.05) is 35.2 Å². The van der Waals surface area contributed by atoms with Gasteiger partial charge in [-0.1, -0.05) is 0 Å². The summed E-state index contributed by atoms with van der Waals surface area (Å²) in [5.74, 6) is 2.17. The molecule has 0 atom stereocenters. The summed E-state index contributed by atoms with van der Waals surface area (Å²) in [4.78, 5) is 10.4. The van der Waals surface area contributed by atoms with Crippen molar-refractivity contribution >= 4 is 21.5 Å². The largest absolute Gasteiger partial charge is 0.383 e. The molecule has 0 saturated carbocycles. The normalized spacial score (nSPS) is 19.3. The third-order valence-electron chi connectivity index (χ3n) is 2.91. The van der Waals surface area contributed by atoms with Crippen LogP contribution in [-0.4, -0.2) is 43.0 Å². The molecule has 17 heavy (non-hydrogen) atoms. The van der Waals surface area contributed by atoms with Gasteiger partial charge >= 0.3 is 0 Å². The summed E-state index contributed by atoms with van der Waals surface area (Å²) in [6.45, 7) is 4.57. The maximum Gasteiger partial charge on any atom is 0.153 e. The van der Waals surface area contributed by atoms with Crippen molar-refractivity contribution < 1.29 is 8.42 Å². The van der Waals surface area contributed by atoms with E-state index in [1.165, 1.54) is 0 Å². The van der Waals surface area contributed by atoms with E-state index in [1.54, 1.807) is 6.92 Å². The lowest BCUT2D eigenvalue weighted by molar-refractivity contribution is 0.586. The molecule has 0 amide bonds. The molecule has 1 aromatic rings. The molecule has 1 aliphatic rings. The SMILES string of the molecule is Cc1nc(N)c(C)c(N2CCS(=O)(=O)CC2)n1. The van der Waals surface area contributed by atoms with Crippen molar-refractivity contribution in [3.8, 4) is 0 Å². The highest BCUT2D eigenvalue weighted by Crippen LogP contribution is 2.22. The lowest BCUT2D eigenvalue weighted by atomic mass is 10.3. The Labute approximate surface area is 101 Å². The van der Waals surface area contributed by atoms with Gasteiger partial charge in [0.25, 0.3) is 0 Å². The van der Waals surface area contributed by atoms with Gasteiger partial charge in [0, 0.05) is 18.7 Å². The summed E-state index contributed by atoms with van der Waals surface area (Å²) in [5, 5.41) is 0. The molecule has 2 N–H and O–H groups in total. The van der Waals surface area contributed by atoms with Crippen molar-refractivity contribution in [1.29, 1.82) is 0 Å². The first-order valence-electron chi connectivity index (χ1n) is 5.45. The lowest BCUT2D eigenvalue weighted by Gasteiger charge is -2.29. The molecule has 1 aromatic heterocycles. The molecule has 0 unspecified atom stereocenters. The van der Waals surface area contributed by atoms with Gasteiger partial charge in [-0.15, -0.1) is 0 Å². The number of hydrogen-bond donors (Lipinski definition) is 1. The molecule has 94 valence electrons. The fourth-order valence-electron chi connectivity index (χ4n) is 1.87. The molecule has 0 spiro atoms. The van der Waals surface area contributed by atoms with Crippen molar-refractivity contribution in [3.05, 3.63) is 11.4 Å². The third-order valence-corrected chi connectivity index (χ3v) is 4.52. The van der Waals surface area contributed by atoms with E-state index in [2.05, 4.69) is 9.97 Å². The summed E-state index contributed by atoms with van der Waals surface area (Å²) in [7, 11) is -2.87. The molecule has 1 fully saturated rings. The lowest BCUT2D eigenvalue weighted by Crippen LogP contribution is -2.41. The van der Waals surface area contributed by atoms with Crippen molar-refractivity contribution in [3.63, 3.8) is 0 Å². The summed E-state index contributed by atoms with van der Waals surface area (Å²) >= 11 is 0. The fourth-order valence-corrected chi connectivity index (χ4v) is 3.07. The Bertz CT molecular complexity index is 527. The Hall–Kier alpha value is -1.37. The average molecular weight is 256 g/mol. The minimum absolute atomic E-state index is 0.176. The van der Waals surface area contributed by atoms with E-state index in [1.807, 2.05) is 11.8 Å². The maximum atomic E-state index is 11.4. The zero-order valence-corrected chi connectivity index (χ0v) is 10.8. The van der Waals surface area contributed by atoms with E-state index in [0.717, 1.165) is 11.4 Å². The topological polar surface area (TPSA) is 89.2 Å². The number of anilines is 2. The zero-order valence-electron chi connectivity index (χ0n) is 9.97. The highest BCUT2D eigenvalue weighted by Gasteiger charge is 2.24. The number of aryl methyl sites for hydroxylation is 1. The predicted molar refractivity (Wildman–Crippen MR) is 66.8 cm³/mol. The Balaban J connectivity index is 2.30. The first kappa shape index (κ1) is 12.1. The van der Waals surface area contributed by atoms with Gasteiger partial charge in [0.1, 0.15) is 17.5 Å². The summed E-state index contributed by atoms with van der Waals surface area (Å²) in [5.41, 5.74) is 6.60. The predicted octanol–water partition coefficient (Wildman–Crippen LogP) is -0.0896. The van der Waals surface area contributed by atoms with Crippen LogP contribution in [0.5, 0.6) is 0 Å². The molecular weight excluding hydrogens is 240 g/mol. The highest BCUT2D eigenvalue weighted by atomic mass is 32.2. The molecule has 0 radical (unpaired) electrons. The molecule has 6 nitrogen and oxygen atoms in total.